The molecule has 2 N–H and O–H groups in total. The molecular weight excluding hydrogens is 436 g/mol. The molecule has 0 saturated heterocycles. The highest BCUT2D eigenvalue weighted by Crippen LogP contribution is 2.31. The van der Waals surface area contributed by atoms with Crippen molar-refractivity contribution in [2.75, 3.05) is 12.5 Å². The van der Waals surface area contributed by atoms with Crippen molar-refractivity contribution >= 4 is 23.5 Å². The molecule has 0 bridgehead atoms. The van der Waals surface area contributed by atoms with Crippen LogP contribution in [0.3, 0.4) is 0 Å². The molecule has 158 valence electrons. The molecule has 0 aliphatic heterocycles. The van der Waals surface area contributed by atoms with Crippen LogP contribution in [0.25, 0.3) is 45.6 Å². The quantitative estimate of drug-likeness (QED) is 0.303. The number of nitrogens with one attached hydrogen (secondary N) is 2. The zero-order chi connectivity index (χ0) is 21.9. The Morgan fingerprint density at radius 1 is 0.594 bits per heavy atom. The summed E-state index contributed by atoms with van der Waals surface area (Å²) in [5, 5.41) is 15.1. The van der Waals surface area contributed by atoms with E-state index in [4.69, 9.17) is 9.97 Å². The summed E-state index contributed by atoms with van der Waals surface area (Å²) < 4.78 is 0. The van der Waals surface area contributed by atoms with Crippen molar-refractivity contribution < 1.29 is 0 Å². The first-order valence-corrected chi connectivity index (χ1v) is 12.4. The predicted octanol–water partition coefficient (Wildman–Crippen LogP) is 6.03. The van der Waals surface area contributed by atoms with Gasteiger partial charge in [-0.1, -0.05) is 54.6 Å². The molecule has 0 radical (unpaired) electrons. The van der Waals surface area contributed by atoms with Gasteiger partial charge in [0.15, 0.2) is 23.3 Å². The molecule has 2 aromatic heterocycles. The highest BCUT2D eigenvalue weighted by atomic mass is 32.2. The average Bonchev–Trinajstić information content (AvgIpc) is 3.54. The van der Waals surface area contributed by atoms with E-state index >= 15 is 0 Å². The lowest BCUT2D eigenvalue weighted by atomic mass is 10.1. The lowest BCUT2D eigenvalue weighted by molar-refractivity contribution is 1.09. The van der Waals surface area contributed by atoms with Crippen molar-refractivity contribution in [1.29, 1.82) is 0 Å². The number of H-pyrrole nitrogens is 2. The van der Waals surface area contributed by atoms with Crippen molar-refractivity contribution in [3.63, 3.8) is 0 Å². The fourth-order valence-electron chi connectivity index (χ4n) is 3.50. The molecule has 0 aliphatic carbocycles. The molecule has 0 atom stereocenters. The maximum absolute atomic E-state index is 4.74. The molecule has 8 heteroatoms. The van der Waals surface area contributed by atoms with Crippen LogP contribution in [0.2, 0.25) is 0 Å². The smallest absolute Gasteiger partial charge is 0.181 e. The van der Waals surface area contributed by atoms with Gasteiger partial charge in [0.2, 0.25) is 0 Å². The molecule has 2 heterocycles. The Morgan fingerprint density at radius 2 is 1.06 bits per heavy atom. The van der Waals surface area contributed by atoms with Gasteiger partial charge in [0, 0.05) is 32.0 Å². The topological polar surface area (TPSA) is 83.1 Å². The summed E-state index contributed by atoms with van der Waals surface area (Å²) in [5.41, 5.74) is 3.90. The van der Waals surface area contributed by atoms with Gasteiger partial charge >= 0.3 is 0 Å². The number of rotatable bonds is 6. The van der Waals surface area contributed by atoms with Gasteiger partial charge in [-0.15, -0.1) is 23.5 Å². The van der Waals surface area contributed by atoms with E-state index in [9.17, 15) is 0 Å². The largest absolute Gasteiger partial charge is 0.259 e. The Kier molecular flexibility index (Phi) is 5.79. The Morgan fingerprint density at radius 3 is 1.53 bits per heavy atom. The Labute approximate surface area is 194 Å². The van der Waals surface area contributed by atoms with Crippen LogP contribution in [0.1, 0.15) is 0 Å². The van der Waals surface area contributed by atoms with Crippen LogP contribution in [0.5, 0.6) is 0 Å². The third-order valence-electron chi connectivity index (χ3n) is 5.07. The summed E-state index contributed by atoms with van der Waals surface area (Å²) in [6, 6.07) is 24.3. The summed E-state index contributed by atoms with van der Waals surface area (Å²) in [5.74, 6) is 2.79. The third-order valence-corrected chi connectivity index (χ3v) is 6.67. The summed E-state index contributed by atoms with van der Waals surface area (Å²) in [6.07, 6.45) is 4.12. The van der Waals surface area contributed by atoms with Crippen LogP contribution < -0.4 is 0 Å². The highest BCUT2D eigenvalue weighted by molar-refractivity contribution is 7.99. The second-order valence-corrected chi connectivity index (χ2v) is 8.69. The number of nitrogens with zero attached hydrogens (tertiary/aromatic N) is 4. The highest BCUT2D eigenvalue weighted by Gasteiger charge is 2.14. The molecule has 6 nitrogen and oxygen atoms in total. The summed E-state index contributed by atoms with van der Waals surface area (Å²) in [4.78, 5) is 11.8. The van der Waals surface area contributed by atoms with E-state index < -0.39 is 0 Å². The molecular formula is C24H20N6S2. The van der Waals surface area contributed by atoms with Crippen LogP contribution in [0.15, 0.2) is 82.6 Å². The lowest BCUT2D eigenvalue weighted by Crippen LogP contribution is -1.86. The first-order chi connectivity index (χ1) is 15.8. The van der Waals surface area contributed by atoms with Gasteiger partial charge in [0.1, 0.15) is 0 Å². The van der Waals surface area contributed by atoms with Crippen LogP contribution in [0.4, 0.5) is 0 Å². The van der Waals surface area contributed by atoms with Crippen LogP contribution in [-0.2, 0) is 0 Å². The molecule has 32 heavy (non-hydrogen) atoms. The predicted molar refractivity (Wildman–Crippen MR) is 132 cm³/mol. The van der Waals surface area contributed by atoms with Gasteiger partial charge in [-0.3, -0.25) is 10.2 Å². The maximum atomic E-state index is 4.74. The fourth-order valence-corrected chi connectivity index (χ4v) is 4.70. The monoisotopic (exact) mass is 456 g/mol. The minimum absolute atomic E-state index is 0.640. The Balaban J connectivity index is 1.47. The number of hydrogen-bond donors (Lipinski definition) is 2. The standard InChI is InChI=1S/C24H20N6S2/c1-31-19-12-5-3-10-17(19)23-25-21(27-29-23)15-8-7-9-16(14-15)22-26-24(30-28-22)18-11-4-6-13-20(18)32-2/h3-14H,1-2H3,(H,25,27,29)(H,26,28,30). The van der Waals surface area contributed by atoms with Gasteiger partial charge < -0.3 is 0 Å². The summed E-state index contributed by atoms with van der Waals surface area (Å²) in [6.45, 7) is 0. The zero-order valence-corrected chi connectivity index (χ0v) is 19.2. The SMILES string of the molecule is CSc1ccccc1-c1nc(-c2cccc(-c3n[nH]c(-c4ccccc4SC)n3)c2)n[nH]1. The zero-order valence-electron chi connectivity index (χ0n) is 17.5. The molecule has 0 aliphatic rings. The normalized spacial score (nSPS) is 11.1. The van der Waals surface area contributed by atoms with Crippen LogP contribution >= 0.6 is 23.5 Å². The summed E-state index contributed by atoms with van der Waals surface area (Å²) >= 11 is 3.38. The van der Waals surface area contributed by atoms with Crippen molar-refractivity contribution in [3.05, 3.63) is 72.8 Å². The van der Waals surface area contributed by atoms with E-state index in [0.29, 0.717) is 11.6 Å². The van der Waals surface area contributed by atoms with E-state index in [1.807, 2.05) is 60.7 Å². The molecule has 5 aromatic rings. The van der Waals surface area contributed by atoms with Gasteiger partial charge in [0.25, 0.3) is 0 Å². The van der Waals surface area contributed by atoms with E-state index in [-0.39, 0.29) is 0 Å². The lowest BCUT2D eigenvalue weighted by Gasteiger charge is -2.03. The first-order valence-electron chi connectivity index (χ1n) is 9.99. The van der Waals surface area contributed by atoms with Crippen molar-refractivity contribution in [2.24, 2.45) is 0 Å². The fraction of sp³-hybridized carbons (Fsp3) is 0.0833. The second kappa shape index (κ2) is 9.02. The Hall–Kier alpha value is -3.36. The minimum Gasteiger partial charge on any atom is -0.259 e. The number of aromatic nitrogens is 6. The van der Waals surface area contributed by atoms with Gasteiger partial charge in [-0.05, 0) is 30.7 Å². The molecule has 3 aromatic carbocycles. The number of aromatic amines is 2. The van der Waals surface area contributed by atoms with Crippen molar-refractivity contribution in [2.45, 2.75) is 9.79 Å². The van der Waals surface area contributed by atoms with E-state index in [1.165, 1.54) is 0 Å². The molecule has 5 rings (SSSR count). The molecule has 0 amide bonds. The number of hydrogen-bond acceptors (Lipinski definition) is 6. The van der Waals surface area contributed by atoms with Crippen LogP contribution in [-0.4, -0.2) is 42.9 Å². The van der Waals surface area contributed by atoms with Crippen molar-refractivity contribution in [1.82, 2.24) is 30.4 Å². The summed E-state index contributed by atoms with van der Waals surface area (Å²) in [7, 11) is 0. The van der Waals surface area contributed by atoms with Gasteiger partial charge in [-0.2, -0.15) is 10.2 Å². The second-order valence-electron chi connectivity index (χ2n) is 7.00. The first kappa shape index (κ1) is 20.5. The molecule has 0 fully saturated rings. The molecule has 0 unspecified atom stereocenters. The van der Waals surface area contributed by atoms with Crippen LogP contribution in [0, 0.1) is 0 Å². The average molecular weight is 457 g/mol. The Bertz CT molecular complexity index is 1270. The van der Waals surface area contributed by atoms with E-state index in [2.05, 4.69) is 45.0 Å². The minimum atomic E-state index is 0.640. The van der Waals surface area contributed by atoms with Gasteiger partial charge in [0.05, 0.1) is 0 Å². The maximum Gasteiger partial charge on any atom is 0.181 e. The number of thioether (sulfide) groups is 2. The van der Waals surface area contributed by atoms with E-state index in [0.717, 1.165) is 43.7 Å². The molecule has 0 spiro atoms. The third kappa shape index (κ3) is 3.94. The molecule has 0 saturated carbocycles. The van der Waals surface area contributed by atoms with Gasteiger partial charge in [-0.25, -0.2) is 9.97 Å². The van der Waals surface area contributed by atoms with E-state index in [1.54, 1.807) is 23.5 Å². The number of benzene rings is 3. The van der Waals surface area contributed by atoms with Crippen molar-refractivity contribution in [3.8, 4) is 45.6 Å².